The number of unbranched alkanes of at least 4 members (excludes halogenated alkanes) is 3. The zero-order valence-corrected chi connectivity index (χ0v) is 22.3. The van der Waals surface area contributed by atoms with Gasteiger partial charge in [0.15, 0.2) is 18.1 Å². The molecular weight excluding hydrogens is 504 g/mol. The van der Waals surface area contributed by atoms with Gasteiger partial charge in [0.1, 0.15) is 0 Å². The molecule has 0 saturated carbocycles. The van der Waals surface area contributed by atoms with E-state index in [0.29, 0.717) is 67.5 Å². The summed E-state index contributed by atoms with van der Waals surface area (Å²) < 4.78 is 0. The lowest BCUT2D eigenvalue weighted by molar-refractivity contribution is -0.116. The summed E-state index contributed by atoms with van der Waals surface area (Å²) in [5.41, 5.74) is 19.1. The molecule has 9 nitrogen and oxygen atoms in total. The molecule has 2 aromatic carbocycles. The van der Waals surface area contributed by atoms with Crippen LogP contribution in [0.3, 0.4) is 0 Å². The van der Waals surface area contributed by atoms with Crippen molar-refractivity contribution in [1.29, 1.82) is 5.41 Å². The van der Waals surface area contributed by atoms with Crippen molar-refractivity contribution in [3.8, 4) is 23.7 Å². The maximum atomic E-state index is 12.1. The van der Waals surface area contributed by atoms with Gasteiger partial charge in [0.2, 0.25) is 11.7 Å². The number of guanidine groups is 1. The second-order valence-corrected chi connectivity index (χ2v) is 8.82. The summed E-state index contributed by atoms with van der Waals surface area (Å²) in [5, 5.41) is 9.87. The second kappa shape index (κ2) is 17.4. The van der Waals surface area contributed by atoms with Crippen molar-refractivity contribution in [2.75, 3.05) is 11.9 Å². The highest BCUT2D eigenvalue weighted by atomic mass is 16.1. The van der Waals surface area contributed by atoms with Crippen LogP contribution in [0.2, 0.25) is 0 Å². The van der Waals surface area contributed by atoms with Gasteiger partial charge in [-0.3, -0.25) is 24.8 Å². The number of hydrogen-bond acceptors (Lipinski definition) is 5. The van der Waals surface area contributed by atoms with E-state index in [0.717, 1.165) is 18.3 Å². The molecule has 0 spiro atoms. The molecule has 0 radical (unpaired) electrons. The lowest BCUT2D eigenvalue weighted by Crippen LogP contribution is -2.23. The van der Waals surface area contributed by atoms with Crippen molar-refractivity contribution in [3.63, 3.8) is 0 Å². The van der Waals surface area contributed by atoms with Crippen LogP contribution in [0.15, 0.2) is 53.5 Å². The smallest absolute Gasteiger partial charge is 0.224 e. The third-order valence-corrected chi connectivity index (χ3v) is 5.49. The van der Waals surface area contributed by atoms with Crippen molar-refractivity contribution >= 4 is 47.1 Å². The molecule has 0 aromatic heterocycles. The van der Waals surface area contributed by atoms with Gasteiger partial charge in [0, 0.05) is 42.6 Å². The molecule has 0 aliphatic carbocycles. The molecule has 0 unspecified atom stereocenters. The van der Waals surface area contributed by atoms with Gasteiger partial charge in [0.25, 0.3) is 0 Å². The Morgan fingerprint density at radius 2 is 1.60 bits per heavy atom. The maximum absolute atomic E-state index is 12.1. The Kier molecular flexibility index (Phi) is 13.5. The summed E-state index contributed by atoms with van der Waals surface area (Å²) in [6.45, 7) is 0.489. The number of aliphatic imine (C=N–C) groups is 1. The highest BCUT2D eigenvalue weighted by Crippen LogP contribution is 2.19. The molecule has 2 aromatic rings. The Hall–Kier alpha value is -5.15. The first kappa shape index (κ1) is 31.1. The van der Waals surface area contributed by atoms with Crippen molar-refractivity contribution in [2.45, 2.75) is 44.9 Å². The van der Waals surface area contributed by atoms with E-state index >= 15 is 0 Å². The van der Waals surface area contributed by atoms with Crippen LogP contribution in [-0.2, 0) is 14.4 Å². The third kappa shape index (κ3) is 12.9. The molecule has 0 bridgehead atoms. The minimum atomic E-state index is -0.160. The van der Waals surface area contributed by atoms with E-state index < -0.39 is 0 Å². The van der Waals surface area contributed by atoms with Gasteiger partial charge >= 0.3 is 0 Å². The van der Waals surface area contributed by atoms with Gasteiger partial charge in [-0.15, -0.1) is 0 Å². The number of ketones is 1. The number of amides is 1. The van der Waals surface area contributed by atoms with Gasteiger partial charge in [-0.1, -0.05) is 36.1 Å². The van der Waals surface area contributed by atoms with Gasteiger partial charge in [0.05, 0.1) is 0 Å². The highest BCUT2D eigenvalue weighted by Gasteiger charge is 2.05. The zero-order valence-electron chi connectivity index (χ0n) is 22.3. The fourth-order valence-corrected chi connectivity index (χ4v) is 3.46. The number of Topliss-reactive ketones (excluding diaryl/α,β-unsaturated/α-hetero) is 1. The quantitative estimate of drug-likeness (QED) is 0.0497. The van der Waals surface area contributed by atoms with E-state index in [9.17, 15) is 14.4 Å². The molecule has 0 saturated heterocycles. The molecule has 9 heteroatoms. The minimum Gasteiger partial charge on any atom is -0.377 e. The Labute approximate surface area is 234 Å². The standard InChI is InChI=1S/C31H34N6O3/c32-29(33)8-4-2-1-3-7-28(39)19-14-23-10-12-24(13-11-23)21-26(22-38)25-15-17-27(18-16-25)37-30(40)9-5-6-20-36-31(34)35/h10-13,15-18,21-22H,1-3,5-7,9,20H2,(H3,32,33)(H,37,40)(H4,34,35,36). The van der Waals surface area contributed by atoms with Crippen molar-refractivity contribution in [1.82, 2.24) is 0 Å². The summed E-state index contributed by atoms with van der Waals surface area (Å²) in [5.74, 6) is 10.4. The fourth-order valence-electron chi connectivity index (χ4n) is 3.46. The Morgan fingerprint density at radius 1 is 0.900 bits per heavy atom. The number of nitrogens with two attached hydrogens (primary N) is 3. The first-order chi connectivity index (χ1) is 19.3. The summed E-state index contributed by atoms with van der Waals surface area (Å²) in [6, 6.07) is 14.3. The van der Waals surface area contributed by atoms with E-state index in [1.807, 2.05) is 12.1 Å². The van der Waals surface area contributed by atoms with E-state index in [1.54, 1.807) is 42.5 Å². The predicted octanol–water partition coefficient (Wildman–Crippen LogP) is 3.23. The molecule has 2 rings (SSSR count). The number of rotatable bonds is 13. The van der Waals surface area contributed by atoms with Crippen LogP contribution in [0, 0.1) is 29.1 Å². The number of hydrogen-bond donors (Lipinski definition) is 5. The topological polar surface area (TPSA) is 178 Å². The molecule has 0 atom stereocenters. The number of allylic oxidation sites excluding steroid dienone is 1. The molecule has 8 N–H and O–H groups in total. The summed E-state index contributed by atoms with van der Waals surface area (Å²) >= 11 is 0. The van der Waals surface area contributed by atoms with Gasteiger partial charge in [-0.05, 0) is 79.0 Å². The minimum absolute atomic E-state index is 0.0430. The van der Waals surface area contributed by atoms with Crippen molar-refractivity contribution in [2.24, 2.45) is 22.2 Å². The average molecular weight is 539 g/mol. The number of carbonyl (C=O) groups excluding carboxylic acids is 3. The number of anilines is 1. The number of carbonyl (C=O) groups is 3. The van der Waals surface area contributed by atoms with Crippen LogP contribution in [0.1, 0.15) is 61.6 Å². The maximum Gasteiger partial charge on any atom is 0.224 e. The van der Waals surface area contributed by atoms with Crippen LogP contribution in [0.25, 0.3) is 11.6 Å². The highest BCUT2D eigenvalue weighted by molar-refractivity contribution is 6.13. The Bertz CT molecular complexity index is 1360. The van der Waals surface area contributed by atoms with Gasteiger partial charge in [-0.25, -0.2) is 0 Å². The van der Waals surface area contributed by atoms with Crippen molar-refractivity contribution in [3.05, 3.63) is 65.2 Å². The van der Waals surface area contributed by atoms with Crippen LogP contribution in [0.5, 0.6) is 0 Å². The normalized spacial score (nSPS) is 10.2. The number of nitrogens with zero attached hydrogens (tertiary/aromatic N) is 1. The fraction of sp³-hybridized carbons (Fsp3) is 0.258. The Balaban J connectivity index is 1.88. The summed E-state index contributed by atoms with van der Waals surface area (Å²) in [4.78, 5) is 39.8. The number of nitrogens with one attached hydrogen (secondary N) is 2. The number of benzene rings is 2. The third-order valence-electron chi connectivity index (χ3n) is 5.49. The van der Waals surface area contributed by atoms with Gasteiger partial charge < -0.3 is 22.5 Å². The first-order valence-corrected chi connectivity index (χ1v) is 12.9. The zero-order chi connectivity index (χ0) is 29.2. The monoisotopic (exact) mass is 538 g/mol. The molecule has 0 aliphatic heterocycles. The number of amidine groups is 1. The van der Waals surface area contributed by atoms with Crippen LogP contribution < -0.4 is 22.5 Å². The number of aldehydes is 1. The van der Waals surface area contributed by atoms with E-state index in [-0.39, 0.29) is 23.5 Å². The second-order valence-electron chi connectivity index (χ2n) is 8.82. The predicted molar refractivity (Wildman–Crippen MR) is 160 cm³/mol. The molecule has 0 fully saturated rings. The lowest BCUT2D eigenvalue weighted by Gasteiger charge is -2.07. The largest absolute Gasteiger partial charge is 0.377 e. The van der Waals surface area contributed by atoms with Gasteiger partial charge in [-0.2, -0.15) is 0 Å². The molecule has 206 valence electrons. The van der Waals surface area contributed by atoms with E-state index in [4.69, 9.17) is 22.6 Å². The molecule has 0 heterocycles. The Morgan fingerprint density at radius 3 is 2.25 bits per heavy atom. The van der Waals surface area contributed by atoms with E-state index in [2.05, 4.69) is 34.0 Å². The van der Waals surface area contributed by atoms with Crippen LogP contribution >= 0.6 is 0 Å². The van der Waals surface area contributed by atoms with Crippen molar-refractivity contribution < 1.29 is 14.4 Å². The average Bonchev–Trinajstić information content (AvgIpc) is 2.93. The SMILES string of the molecule is N=C(N)C#CCCCCC(=O)C#Cc1ccc(C=C(C=O)c2ccc(NC(=O)CCCCN=C(N)N)cc2)cc1. The van der Waals surface area contributed by atoms with Crippen LogP contribution in [0.4, 0.5) is 5.69 Å². The molecule has 40 heavy (non-hydrogen) atoms. The first-order valence-electron chi connectivity index (χ1n) is 12.9. The molecule has 0 aliphatic rings. The van der Waals surface area contributed by atoms with E-state index in [1.165, 1.54) is 0 Å². The van der Waals surface area contributed by atoms with Crippen LogP contribution in [-0.4, -0.2) is 36.3 Å². The molecule has 1 amide bonds. The molecular formula is C31H34N6O3. The summed E-state index contributed by atoms with van der Waals surface area (Å²) in [7, 11) is 0. The summed E-state index contributed by atoms with van der Waals surface area (Å²) in [6.07, 6.45) is 6.63. The lowest BCUT2D eigenvalue weighted by atomic mass is 10.0.